The van der Waals surface area contributed by atoms with Crippen LogP contribution in [0.4, 0.5) is 0 Å². The molecule has 2 aromatic rings. The van der Waals surface area contributed by atoms with Crippen molar-refractivity contribution in [3.05, 3.63) is 54.1 Å². The third kappa shape index (κ3) is 4.09. The van der Waals surface area contributed by atoms with Gasteiger partial charge in [0.25, 0.3) is 0 Å². The Labute approximate surface area is 146 Å². The number of pyridine rings is 1. The molecular formula is C16H19N7S. The van der Waals surface area contributed by atoms with Gasteiger partial charge in [0.05, 0.1) is 12.4 Å². The molecule has 0 aliphatic carbocycles. The number of nitrogens with one attached hydrogen (secondary N) is 1. The minimum Gasteiger partial charge on any atom is -0.345 e. The molecule has 124 valence electrons. The lowest BCUT2D eigenvalue weighted by molar-refractivity contribution is 0.214. The first-order valence-electron chi connectivity index (χ1n) is 7.72. The van der Waals surface area contributed by atoms with Crippen LogP contribution in [0.25, 0.3) is 0 Å². The number of hydrogen-bond donors (Lipinski definition) is 1. The van der Waals surface area contributed by atoms with Gasteiger partial charge >= 0.3 is 0 Å². The first kappa shape index (κ1) is 16.4. The first-order chi connectivity index (χ1) is 11.7. The smallest absolute Gasteiger partial charge is 0.189 e. The Balaban J connectivity index is 1.78. The van der Waals surface area contributed by atoms with Crippen LogP contribution < -0.4 is 5.43 Å². The molecule has 1 aliphatic rings. The zero-order valence-electron chi connectivity index (χ0n) is 13.5. The van der Waals surface area contributed by atoms with E-state index in [-0.39, 0.29) is 0 Å². The zero-order chi connectivity index (χ0) is 16.8. The average Bonchev–Trinajstić information content (AvgIpc) is 2.64. The van der Waals surface area contributed by atoms with E-state index in [0.29, 0.717) is 5.11 Å². The standard InChI is InChI=1S/C16H19N7S/c1-22-7-9-23(10-8-22)16(24)21-20-15(13-3-2-5-17-11-13)14-4-6-18-19-12-14/h2-6,11-12H,7-10H2,1H3,(H,21,24)/b20-15-. The molecule has 1 aliphatic heterocycles. The van der Waals surface area contributed by atoms with Gasteiger partial charge in [-0.1, -0.05) is 0 Å². The third-order valence-electron chi connectivity index (χ3n) is 3.85. The molecular weight excluding hydrogens is 322 g/mol. The molecule has 7 nitrogen and oxygen atoms in total. The average molecular weight is 341 g/mol. The second-order valence-electron chi connectivity index (χ2n) is 5.54. The fraction of sp³-hybridized carbons (Fsp3) is 0.312. The van der Waals surface area contributed by atoms with Crippen LogP contribution >= 0.6 is 12.2 Å². The van der Waals surface area contributed by atoms with E-state index < -0.39 is 0 Å². The number of likely N-dealkylation sites (N-methyl/N-ethyl adjacent to an activating group) is 1. The summed E-state index contributed by atoms with van der Waals surface area (Å²) in [4.78, 5) is 8.58. The summed E-state index contributed by atoms with van der Waals surface area (Å²) in [5.74, 6) is 0. The summed E-state index contributed by atoms with van der Waals surface area (Å²) in [5, 5.41) is 12.9. The monoisotopic (exact) mass is 341 g/mol. The van der Waals surface area contributed by atoms with Gasteiger partial charge in [0.15, 0.2) is 5.11 Å². The van der Waals surface area contributed by atoms with Crippen LogP contribution in [-0.2, 0) is 0 Å². The van der Waals surface area contributed by atoms with Crippen LogP contribution in [0, 0.1) is 0 Å². The molecule has 2 aromatic heterocycles. The molecule has 0 saturated carbocycles. The molecule has 0 radical (unpaired) electrons. The van der Waals surface area contributed by atoms with Gasteiger partial charge in [0.1, 0.15) is 5.71 Å². The fourth-order valence-electron chi connectivity index (χ4n) is 2.41. The Morgan fingerprint density at radius 2 is 1.88 bits per heavy atom. The van der Waals surface area contributed by atoms with Crippen LogP contribution in [0.15, 0.2) is 48.1 Å². The summed E-state index contributed by atoms with van der Waals surface area (Å²) in [6.45, 7) is 3.79. The Bertz CT molecular complexity index is 655. The highest BCUT2D eigenvalue weighted by Crippen LogP contribution is 2.08. The van der Waals surface area contributed by atoms with Gasteiger partial charge in [-0.3, -0.25) is 10.4 Å². The topological polar surface area (TPSA) is 69.5 Å². The molecule has 0 unspecified atom stereocenters. The van der Waals surface area contributed by atoms with Crippen LogP contribution in [-0.4, -0.2) is 69.0 Å². The van der Waals surface area contributed by atoms with Crippen molar-refractivity contribution in [2.45, 2.75) is 0 Å². The maximum atomic E-state index is 5.48. The number of hydrazone groups is 1. The van der Waals surface area contributed by atoms with Crippen LogP contribution in [0.2, 0.25) is 0 Å². The second kappa shape index (κ2) is 7.89. The van der Waals surface area contributed by atoms with E-state index in [9.17, 15) is 0 Å². The fourth-order valence-corrected chi connectivity index (χ4v) is 2.64. The second-order valence-corrected chi connectivity index (χ2v) is 5.93. The number of piperazine rings is 1. The van der Waals surface area contributed by atoms with Gasteiger partial charge in [-0.2, -0.15) is 15.3 Å². The third-order valence-corrected chi connectivity index (χ3v) is 4.20. The molecule has 0 bridgehead atoms. The van der Waals surface area contributed by atoms with Crippen LogP contribution in [0.1, 0.15) is 11.1 Å². The zero-order valence-corrected chi connectivity index (χ0v) is 14.3. The van der Waals surface area contributed by atoms with Crippen molar-refractivity contribution >= 4 is 23.0 Å². The lowest BCUT2D eigenvalue weighted by Gasteiger charge is -2.33. The molecule has 1 fully saturated rings. The van der Waals surface area contributed by atoms with Crippen molar-refractivity contribution in [3.8, 4) is 0 Å². The lowest BCUT2D eigenvalue weighted by atomic mass is 10.1. The highest BCUT2D eigenvalue weighted by molar-refractivity contribution is 7.80. The van der Waals surface area contributed by atoms with Crippen LogP contribution in [0.5, 0.6) is 0 Å². The molecule has 1 saturated heterocycles. The molecule has 3 heterocycles. The predicted octanol–water partition coefficient (Wildman–Crippen LogP) is 0.746. The maximum Gasteiger partial charge on any atom is 0.189 e. The Hall–Kier alpha value is -2.45. The maximum absolute atomic E-state index is 5.48. The highest BCUT2D eigenvalue weighted by Gasteiger charge is 2.16. The molecule has 0 atom stereocenters. The van der Waals surface area contributed by atoms with Gasteiger partial charge in [-0.05, 0) is 37.5 Å². The van der Waals surface area contributed by atoms with Gasteiger partial charge in [-0.25, -0.2) is 0 Å². The number of thiocarbonyl (C=S) groups is 1. The van der Waals surface area contributed by atoms with E-state index in [4.69, 9.17) is 12.2 Å². The number of nitrogens with zero attached hydrogens (tertiary/aromatic N) is 6. The quantitative estimate of drug-likeness (QED) is 0.502. The molecule has 1 N–H and O–H groups in total. The van der Waals surface area contributed by atoms with E-state index >= 15 is 0 Å². The number of aromatic nitrogens is 3. The largest absolute Gasteiger partial charge is 0.345 e. The van der Waals surface area contributed by atoms with Gasteiger partial charge in [0, 0.05) is 49.7 Å². The van der Waals surface area contributed by atoms with Crippen molar-refractivity contribution in [1.82, 2.24) is 30.4 Å². The lowest BCUT2D eigenvalue weighted by Crippen LogP contribution is -2.49. The molecule has 8 heteroatoms. The Morgan fingerprint density at radius 1 is 1.08 bits per heavy atom. The van der Waals surface area contributed by atoms with E-state index in [1.165, 1.54) is 0 Å². The number of rotatable bonds is 3. The Kier molecular flexibility index (Phi) is 5.39. The SMILES string of the molecule is CN1CCN(C(=S)N/N=C(/c2cccnc2)c2ccnnc2)CC1. The van der Waals surface area contributed by atoms with Crippen molar-refractivity contribution in [3.63, 3.8) is 0 Å². The summed E-state index contributed by atoms with van der Waals surface area (Å²) in [7, 11) is 2.11. The molecule has 3 rings (SSSR count). The summed E-state index contributed by atoms with van der Waals surface area (Å²) in [6, 6.07) is 5.69. The Morgan fingerprint density at radius 3 is 2.54 bits per heavy atom. The van der Waals surface area contributed by atoms with Crippen molar-refractivity contribution in [1.29, 1.82) is 0 Å². The minimum absolute atomic E-state index is 0.631. The van der Waals surface area contributed by atoms with Gasteiger partial charge in [-0.15, -0.1) is 0 Å². The normalized spacial score (nSPS) is 16.0. The van der Waals surface area contributed by atoms with E-state index in [0.717, 1.165) is 43.0 Å². The van der Waals surface area contributed by atoms with Crippen molar-refractivity contribution in [2.75, 3.05) is 33.2 Å². The van der Waals surface area contributed by atoms with Gasteiger partial charge < -0.3 is 9.80 Å². The van der Waals surface area contributed by atoms with Crippen LogP contribution in [0.3, 0.4) is 0 Å². The van der Waals surface area contributed by atoms with E-state index in [1.54, 1.807) is 24.8 Å². The first-order valence-corrected chi connectivity index (χ1v) is 8.13. The van der Waals surface area contributed by atoms with E-state index in [1.807, 2.05) is 18.2 Å². The highest BCUT2D eigenvalue weighted by atomic mass is 32.1. The summed E-state index contributed by atoms with van der Waals surface area (Å²) in [6.07, 6.45) is 6.81. The van der Waals surface area contributed by atoms with Crippen molar-refractivity contribution in [2.24, 2.45) is 5.10 Å². The summed E-state index contributed by atoms with van der Waals surface area (Å²) in [5.41, 5.74) is 5.49. The molecule has 0 amide bonds. The predicted molar refractivity (Wildman–Crippen MR) is 96.7 cm³/mol. The summed E-state index contributed by atoms with van der Waals surface area (Å²) < 4.78 is 0. The molecule has 0 aromatic carbocycles. The minimum atomic E-state index is 0.631. The van der Waals surface area contributed by atoms with Crippen molar-refractivity contribution < 1.29 is 0 Å². The van der Waals surface area contributed by atoms with E-state index in [2.05, 4.69) is 42.6 Å². The molecule has 24 heavy (non-hydrogen) atoms. The molecule has 0 spiro atoms. The number of hydrogen-bond acceptors (Lipinski definition) is 6. The van der Waals surface area contributed by atoms with Gasteiger partial charge in [0.2, 0.25) is 0 Å². The summed E-state index contributed by atoms with van der Waals surface area (Å²) >= 11 is 5.48.